The second-order valence-corrected chi connectivity index (χ2v) is 5.97. The first-order valence-electron chi connectivity index (χ1n) is 8.01. The number of amides is 2. The fraction of sp³-hybridized carbons (Fsp3) is 0.588. The third kappa shape index (κ3) is 4.13. The summed E-state index contributed by atoms with van der Waals surface area (Å²) in [5.41, 5.74) is 0.544. The molecule has 0 heterocycles. The molecule has 3 N–H and O–H groups in total. The molecule has 2 rings (SSSR count). The molecule has 122 valence electrons. The standard InChI is InChI=1S/C17H26N2O3/c1-3-22-15-8-6-7-14(11-15)13(2)18-16(21)19-17(12-20)9-4-5-10-17/h6-8,11,13,20H,3-5,9-10,12H2,1-2H3,(H2,18,19,21). The Balaban J connectivity index is 1.94. The van der Waals surface area contributed by atoms with E-state index in [1.165, 1.54) is 0 Å². The lowest BCUT2D eigenvalue weighted by atomic mass is 9.99. The molecule has 1 saturated carbocycles. The molecule has 2 amide bonds. The zero-order valence-electron chi connectivity index (χ0n) is 13.4. The Morgan fingerprint density at radius 3 is 2.77 bits per heavy atom. The van der Waals surface area contributed by atoms with E-state index in [-0.39, 0.29) is 18.7 Å². The molecule has 0 aliphatic heterocycles. The van der Waals surface area contributed by atoms with E-state index >= 15 is 0 Å². The van der Waals surface area contributed by atoms with Gasteiger partial charge in [0.25, 0.3) is 0 Å². The van der Waals surface area contributed by atoms with Gasteiger partial charge in [-0.3, -0.25) is 0 Å². The number of rotatable bonds is 6. The lowest BCUT2D eigenvalue weighted by Gasteiger charge is -2.29. The molecule has 5 nitrogen and oxygen atoms in total. The average molecular weight is 306 g/mol. The minimum Gasteiger partial charge on any atom is -0.494 e. The van der Waals surface area contributed by atoms with Crippen LogP contribution in [0.2, 0.25) is 0 Å². The first kappa shape index (κ1) is 16.6. The molecule has 5 heteroatoms. The fourth-order valence-corrected chi connectivity index (χ4v) is 2.97. The topological polar surface area (TPSA) is 70.6 Å². The highest BCUT2D eigenvalue weighted by atomic mass is 16.5. The van der Waals surface area contributed by atoms with Crippen LogP contribution in [0, 0.1) is 0 Å². The van der Waals surface area contributed by atoms with Gasteiger partial charge >= 0.3 is 6.03 Å². The minimum atomic E-state index is -0.447. The first-order chi connectivity index (χ1) is 10.6. The molecule has 0 saturated heterocycles. The molecule has 0 spiro atoms. The summed E-state index contributed by atoms with van der Waals surface area (Å²) in [5, 5.41) is 15.4. The Morgan fingerprint density at radius 2 is 2.14 bits per heavy atom. The van der Waals surface area contributed by atoms with Crippen molar-refractivity contribution in [2.75, 3.05) is 13.2 Å². The number of hydrogen-bond acceptors (Lipinski definition) is 3. The highest BCUT2D eigenvalue weighted by Crippen LogP contribution is 2.29. The van der Waals surface area contributed by atoms with Gasteiger partial charge in [0.15, 0.2) is 0 Å². The molecular formula is C17H26N2O3. The van der Waals surface area contributed by atoms with Crippen molar-refractivity contribution < 1.29 is 14.6 Å². The number of carbonyl (C=O) groups excluding carboxylic acids is 1. The number of urea groups is 1. The van der Waals surface area contributed by atoms with Crippen LogP contribution in [0.1, 0.15) is 51.1 Å². The van der Waals surface area contributed by atoms with Gasteiger partial charge < -0.3 is 20.5 Å². The van der Waals surface area contributed by atoms with Gasteiger partial charge in [0, 0.05) is 0 Å². The lowest BCUT2D eigenvalue weighted by Crippen LogP contribution is -2.53. The number of hydrogen-bond donors (Lipinski definition) is 3. The maximum absolute atomic E-state index is 12.2. The van der Waals surface area contributed by atoms with Gasteiger partial charge in [-0.15, -0.1) is 0 Å². The largest absolute Gasteiger partial charge is 0.494 e. The predicted octanol–water partition coefficient (Wildman–Crippen LogP) is 2.75. The van der Waals surface area contributed by atoms with Crippen LogP contribution >= 0.6 is 0 Å². The van der Waals surface area contributed by atoms with Crippen LogP contribution in [0.4, 0.5) is 4.79 Å². The monoisotopic (exact) mass is 306 g/mol. The van der Waals surface area contributed by atoms with E-state index in [2.05, 4.69) is 10.6 Å². The van der Waals surface area contributed by atoms with E-state index in [0.29, 0.717) is 6.61 Å². The van der Waals surface area contributed by atoms with E-state index in [1.807, 2.05) is 38.1 Å². The Labute approximate surface area is 132 Å². The zero-order chi connectivity index (χ0) is 16.0. The summed E-state index contributed by atoms with van der Waals surface area (Å²) in [6.07, 6.45) is 3.77. The number of ether oxygens (including phenoxy) is 1. The molecule has 1 fully saturated rings. The molecular weight excluding hydrogens is 280 g/mol. The lowest BCUT2D eigenvalue weighted by molar-refractivity contribution is 0.162. The quantitative estimate of drug-likeness (QED) is 0.757. The number of aliphatic hydroxyl groups is 1. The van der Waals surface area contributed by atoms with Crippen molar-refractivity contribution in [1.29, 1.82) is 0 Å². The van der Waals surface area contributed by atoms with Crippen LogP contribution < -0.4 is 15.4 Å². The summed E-state index contributed by atoms with van der Waals surface area (Å²) < 4.78 is 5.48. The van der Waals surface area contributed by atoms with Gasteiger partial charge in [-0.05, 0) is 44.4 Å². The Kier molecular flexibility index (Phi) is 5.66. The molecule has 1 aliphatic rings. The van der Waals surface area contributed by atoms with E-state index in [9.17, 15) is 9.90 Å². The normalized spacial score (nSPS) is 17.8. The molecule has 1 aliphatic carbocycles. The van der Waals surface area contributed by atoms with Crippen molar-refractivity contribution in [3.8, 4) is 5.75 Å². The number of carbonyl (C=O) groups is 1. The highest BCUT2D eigenvalue weighted by molar-refractivity contribution is 5.75. The number of aliphatic hydroxyl groups excluding tert-OH is 1. The number of benzene rings is 1. The van der Waals surface area contributed by atoms with Crippen molar-refractivity contribution >= 4 is 6.03 Å². The third-order valence-corrected chi connectivity index (χ3v) is 4.26. The second-order valence-electron chi connectivity index (χ2n) is 5.97. The fourth-order valence-electron chi connectivity index (χ4n) is 2.97. The summed E-state index contributed by atoms with van der Waals surface area (Å²) in [6.45, 7) is 4.49. The summed E-state index contributed by atoms with van der Waals surface area (Å²) in [7, 11) is 0. The minimum absolute atomic E-state index is 0.00533. The molecule has 1 unspecified atom stereocenters. The predicted molar refractivity (Wildman–Crippen MR) is 86.0 cm³/mol. The molecule has 0 aromatic heterocycles. The Bertz CT molecular complexity index is 498. The Morgan fingerprint density at radius 1 is 1.41 bits per heavy atom. The number of nitrogens with one attached hydrogen (secondary N) is 2. The molecule has 0 radical (unpaired) electrons. The average Bonchev–Trinajstić information content (AvgIpc) is 2.96. The zero-order valence-corrected chi connectivity index (χ0v) is 13.4. The van der Waals surface area contributed by atoms with Crippen molar-refractivity contribution in [3.05, 3.63) is 29.8 Å². The van der Waals surface area contributed by atoms with Crippen LogP contribution in [0.25, 0.3) is 0 Å². The third-order valence-electron chi connectivity index (χ3n) is 4.26. The highest BCUT2D eigenvalue weighted by Gasteiger charge is 2.34. The Hall–Kier alpha value is -1.75. The van der Waals surface area contributed by atoms with Gasteiger partial charge in [-0.1, -0.05) is 25.0 Å². The van der Waals surface area contributed by atoms with Crippen LogP contribution in [0.5, 0.6) is 5.75 Å². The van der Waals surface area contributed by atoms with Crippen molar-refractivity contribution in [2.45, 2.75) is 51.1 Å². The SMILES string of the molecule is CCOc1cccc(C(C)NC(=O)NC2(CO)CCCC2)c1. The summed E-state index contributed by atoms with van der Waals surface area (Å²) >= 11 is 0. The van der Waals surface area contributed by atoms with E-state index < -0.39 is 5.54 Å². The van der Waals surface area contributed by atoms with Crippen LogP contribution in [0.3, 0.4) is 0 Å². The van der Waals surface area contributed by atoms with E-state index in [1.54, 1.807) is 0 Å². The van der Waals surface area contributed by atoms with Crippen LogP contribution in [-0.4, -0.2) is 29.9 Å². The molecule has 1 aromatic carbocycles. The van der Waals surface area contributed by atoms with Crippen molar-refractivity contribution in [2.24, 2.45) is 0 Å². The molecule has 22 heavy (non-hydrogen) atoms. The smallest absolute Gasteiger partial charge is 0.315 e. The van der Waals surface area contributed by atoms with E-state index in [4.69, 9.17) is 4.74 Å². The van der Waals surface area contributed by atoms with Gasteiger partial charge in [-0.2, -0.15) is 0 Å². The van der Waals surface area contributed by atoms with Crippen molar-refractivity contribution in [3.63, 3.8) is 0 Å². The molecule has 1 aromatic rings. The van der Waals surface area contributed by atoms with Crippen LogP contribution in [0.15, 0.2) is 24.3 Å². The summed E-state index contributed by atoms with van der Waals surface area (Å²) in [5.74, 6) is 0.802. The second kappa shape index (κ2) is 7.49. The van der Waals surface area contributed by atoms with Crippen LogP contribution in [-0.2, 0) is 0 Å². The van der Waals surface area contributed by atoms with Gasteiger partial charge in [-0.25, -0.2) is 4.79 Å². The maximum Gasteiger partial charge on any atom is 0.315 e. The molecule has 0 bridgehead atoms. The van der Waals surface area contributed by atoms with Gasteiger partial charge in [0.05, 0.1) is 24.8 Å². The van der Waals surface area contributed by atoms with Gasteiger partial charge in [0.1, 0.15) is 5.75 Å². The summed E-state index contributed by atoms with van der Waals surface area (Å²) in [6, 6.07) is 7.36. The van der Waals surface area contributed by atoms with E-state index in [0.717, 1.165) is 37.0 Å². The first-order valence-corrected chi connectivity index (χ1v) is 8.01. The maximum atomic E-state index is 12.2. The van der Waals surface area contributed by atoms with Crippen molar-refractivity contribution in [1.82, 2.24) is 10.6 Å². The van der Waals surface area contributed by atoms with Gasteiger partial charge in [0.2, 0.25) is 0 Å². The molecule has 1 atom stereocenters. The summed E-state index contributed by atoms with van der Waals surface area (Å²) in [4.78, 5) is 12.2.